The van der Waals surface area contributed by atoms with Crippen molar-refractivity contribution in [1.82, 2.24) is 41.4 Å². The Morgan fingerprint density at radius 2 is 1.69 bits per heavy atom. The number of halogens is 2. The first kappa shape index (κ1) is 37.5. The number of aliphatic hydroxyl groups excluding tert-OH is 2. The van der Waals surface area contributed by atoms with Crippen molar-refractivity contribution in [3.63, 3.8) is 0 Å². The second-order valence-electron chi connectivity index (χ2n) is 15.3. The van der Waals surface area contributed by atoms with Gasteiger partial charge in [-0.3, -0.25) is 19.2 Å². The number of likely N-dealkylation sites (N-methyl/N-ethyl adjacent to an activating group) is 2. The van der Waals surface area contributed by atoms with Gasteiger partial charge >= 0.3 is 0 Å². The number of nitrogens with zero attached hydrogens (tertiary/aromatic N) is 1. The summed E-state index contributed by atoms with van der Waals surface area (Å²) >= 11 is 0. The third kappa shape index (κ3) is 9.10. The molecule has 3 amide bonds. The number of likely N-dealkylation sites (tertiary alicyclic amines) is 1. The lowest BCUT2D eigenvalue weighted by molar-refractivity contribution is -0.132. The molecule has 2 fully saturated rings. The molecule has 6 rings (SSSR count). The number of carbonyl (C=O) groups is 4. The molecule has 9 N–H and O–H groups in total. The maximum atomic E-state index is 15.2. The summed E-state index contributed by atoms with van der Waals surface area (Å²) in [5.74, 6) is -4.84. The summed E-state index contributed by atoms with van der Waals surface area (Å²) in [5, 5.41) is 34.2. The molecule has 16 heteroatoms. The van der Waals surface area contributed by atoms with Crippen molar-refractivity contribution >= 4 is 45.3 Å². The Balaban J connectivity index is 1.53. The van der Waals surface area contributed by atoms with Gasteiger partial charge in [0.05, 0.1) is 49.0 Å². The van der Waals surface area contributed by atoms with Crippen molar-refractivity contribution in [1.29, 1.82) is 0 Å². The molecule has 58 heavy (non-hydrogen) atoms. The van der Waals surface area contributed by atoms with Gasteiger partial charge in [0, 0.05) is 61.3 Å². The van der Waals surface area contributed by atoms with Crippen molar-refractivity contribution in [2.24, 2.45) is 0 Å². The third-order valence-corrected chi connectivity index (χ3v) is 11.3. The lowest BCUT2D eigenvalue weighted by Gasteiger charge is -2.29. The Morgan fingerprint density at radius 1 is 0.983 bits per heavy atom. The van der Waals surface area contributed by atoms with E-state index in [-0.39, 0.29) is 114 Å². The van der Waals surface area contributed by atoms with Crippen LogP contribution in [0.4, 0.5) is 8.78 Å². The van der Waals surface area contributed by atoms with Crippen LogP contribution in [-0.2, 0) is 25.6 Å². The number of carbonyl (C=O) groups excluding carboxylic acids is 4. The second kappa shape index (κ2) is 18.5. The largest absolute Gasteiger partial charge is 0.392 e. The van der Waals surface area contributed by atoms with Crippen molar-refractivity contribution < 1.29 is 43.7 Å². The molecule has 2 aliphatic rings. The summed E-state index contributed by atoms with van der Waals surface area (Å²) in [6.45, 7) is 4.89. The number of Topliss-reactive ketones (excluding diaryl/α,β-unsaturated/α-hetero) is 1. The average Bonchev–Trinajstić information content (AvgIpc) is 3.93. The highest BCUT2D eigenvalue weighted by molar-refractivity contribution is 6.03. The second-order valence-corrected chi connectivity index (χ2v) is 15.3. The van der Waals surface area contributed by atoms with Gasteiger partial charge in [-0.05, 0) is 108 Å². The number of rotatable bonds is 17. The van der Waals surface area contributed by atoms with Crippen LogP contribution in [-0.4, -0.2) is 125 Å². The van der Waals surface area contributed by atoms with Crippen LogP contribution >= 0.6 is 0 Å². The number of aromatic nitrogens is 2. The molecule has 0 radical (unpaired) electrons. The minimum atomic E-state index is -2.17. The van der Waals surface area contributed by atoms with Crippen LogP contribution in [0.2, 0.25) is 2.82 Å². The highest BCUT2D eigenvalue weighted by atomic mass is 19.1. The highest BCUT2D eigenvalue weighted by Gasteiger charge is 2.42. The van der Waals surface area contributed by atoms with E-state index in [4.69, 9.17) is 2.78 Å². The summed E-state index contributed by atoms with van der Waals surface area (Å²) in [6.07, 6.45) is -2.04. The number of H-pyrrole nitrogens is 2. The van der Waals surface area contributed by atoms with Gasteiger partial charge in [0.15, 0.2) is 7.20 Å². The molecule has 0 saturated carbocycles. The van der Waals surface area contributed by atoms with E-state index >= 15 is 13.6 Å². The smallest absolute Gasteiger partial charge is 0.237 e. The topological polar surface area (TPSA) is 204 Å². The minimum Gasteiger partial charge on any atom is -0.392 e. The van der Waals surface area contributed by atoms with Gasteiger partial charge in [0.1, 0.15) is 13.0 Å². The molecule has 2 aliphatic heterocycles. The predicted octanol–water partition coefficient (Wildman–Crippen LogP) is 2.48. The minimum absolute atomic E-state index is 0.00164. The number of ketones is 1. The standard InChI is InChI=1S/C42H56F2N8O6/c1-6-31(51-42(58)22(3)46-5)40(56)37(34-18-26(53)19-48-34)36-29-12-10-24(44)15-33(29)50-39(36)38-30(28-11-9-23(43)14-32(28)49-38)17-25-16-27(54)20-52(25)35(55)8-7-13-47-41(57)21(2)45-4/h9-12,14-15,21-22,25-27,31,34,37,45-46,48-50,53-54H,6-8,13,16-20H2,1-5H3,(H,47,57)(H,51,58)/t21-,22?,25?,26?,27-,31?,34?,37+/m0/s1/i11D,34D/hD2. The first-order valence-electron chi connectivity index (χ1n) is 21.8. The number of aromatic amines is 2. The Kier molecular flexibility index (Phi) is 11.9. The van der Waals surface area contributed by atoms with Crippen LogP contribution in [0.5, 0.6) is 0 Å². The van der Waals surface area contributed by atoms with E-state index in [1.807, 2.05) is 0 Å². The molecule has 2 aromatic carbocycles. The zero-order chi connectivity index (χ0) is 45.4. The van der Waals surface area contributed by atoms with Crippen molar-refractivity contribution in [3.8, 4) is 11.4 Å². The van der Waals surface area contributed by atoms with E-state index in [9.17, 15) is 27.4 Å². The van der Waals surface area contributed by atoms with Crippen molar-refractivity contribution in [2.45, 2.75) is 108 Å². The van der Waals surface area contributed by atoms with E-state index in [0.717, 1.165) is 34.6 Å². The number of β-amino-alcohol motifs (C(OH)–C–C–N with tert-alkyl or cyclic N) is 2. The van der Waals surface area contributed by atoms with Crippen molar-refractivity contribution in [2.75, 3.05) is 33.7 Å². The van der Waals surface area contributed by atoms with Crippen LogP contribution < -0.4 is 26.6 Å². The third-order valence-electron chi connectivity index (χ3n) is 11.3. The number of nitrogens with one attached hydrogen (secondary N) is 7. The molecule has 4 heterocycles. The zero-order valence-electron chi connectivity index (χ0n) is 37.4. The number of amides is 3. The molecule has 0 aliphatic carbocycles. The Labute approximate surface area is 342 Å². The van der Waals surface area contributed by atoms with Gasteiger partial charge in [0.25, 0.3) is 0 Å². The van der Waals surface area contributed by atoms with Gasteiger partial charge < -0.3 is 51.7 Å². The van der Waals surface area contributed by atoms with Gasteiger partial charge in [-0.1, -0.05) is 6.92 Å². The highest BCUT2D eigenvalue weighted by Crippen LogP contribution is 2.43. The Morgan fingerprint density at radius 3 is 2.38 bits per heavy atom. The van der Waals surface area contributed by atoms with Crippen LogP contribution in [0.15, 0.2) is 36.4 Å². The molecule has 14 nitrogen and oxygen atoms in total. The van der Waals surface area contributed by atoms with E-state index in [0.29, 0.717) is 6.42 Å². The van der Waals surface area contributed by atoms with Crippen LogP contribution in [0.3, 0.4) is 0 Å². The molecule has 314 valence electrons. The average molecular weight is 811 g/mol. The lowest BCUT2D eigenvalue weighted by atomic mass is 9.80. The van der Waals surface area contributed by atoms with E-state index in [1.165, 1.54) is 11.0 Å². The summed E-state index contributed by atoms with van der Waals surface area (Å²) in [5.41, 5.74) is 0.434. The van der Waals surface area contributed by atoms with Crippen LogP contribution in [0.1, 0.15) is 72.7 Å². The fourth-order valence-corrected chi connectivity index (χ4v) is 7.96. The summed E-state index contributed by atoms with van der Waals surface area (Å²) in [7, 11) is 3.23. The SMILES string of the molecule is [2H]c1cc(F)cc2c1c(CC1C[C@H](O)CN1C(=O)CCCNC(=O)[C@H](C)NC)c(-c1[nH]c3cc(F)ccc3c1[C@H](C(=O)C(CC)NC(=O)C(C)NC)C1([2H])CC(O)CN1[2H])n2[2H]. The maximum Gasteiger partial charge on any atom is 0.237 e. The number of fused-ring (bicyclic) bond motifs is 2. The lowest BCUT2D eigenvalue weighted by Crippen LogP contribution is -2.51. The molecule has 0 spiro atoms. The summed E-state index contributed by atoms with van der Waals surface area (Å²) in [4.78, 5) is 60.0. The quantitative estimate of drug-likeness (QED) is 0.0719. The van der Waals surface area contributed by atoms with E-state index in [2.05, 4.69) is 26.3 Å². The first-order chi connectivity index (χ1) is 29.3. The van der Waals surface area contributed by atoms with Crippen LogP contribution in [0.25, 0.3) is 33.2 Å². The fourth-order valence-electron chi connectivity index (χ4n) is 7.96. The van der Waals surface area contributed by atoms with Crippen LogP contribution in [0, 0.1) is 11.6 Å². The van der Waals surface area contributed by atoms with Gasteiger partial charge in [-0.15, -0.1) is 0 Å². The Hall–Kier alpha value is -4.74. The maximum absolute atomic E-state index is 15.2. The molecule has 2 saturated heterocycles. The number of aliphatic hydroxyl groups is 2. The molecule has 0 bridgehead atoms. The molecule has 5 unspecified atom stereocenters. The van der Waals surface area contributed by atoms with E-state index in [1.54, 1.807) is 34.9 Å². The normalized spacial score (nSPS) is 24.2. The number of benzene rings is 2. The predicted molar refractivity (Wildman–Crippen MR) is 217 cm³/mol. The molecule has 4 aromatic rings. The van der Waals surface area contributed by atoms with E-state index < -0.39 is 71.6 Å². The molecular weight excluding hydrogens is 751 g/mol. The zero-order valence-corrected chi connectivity index (χ0v) is 33.4. The monoisotopic (exact) mass is 810 g/mol. The van der Waals surface area contributed by atoms with Gasteiger partial charge in [-0.25, -0.2) is 8.78 Å². The molecule has 8 atom stereocenters. The van der Waals surface area contributed by atoms with Crippen molar-refractivity contribution in [3.05, 3.63) is 59.1 Å². The summed E-state index contributed by atoms with van der Waals surface area (Å²) in [6, 6.07) is 0.276. The fraction of sp³-hybridized carbons (Fsp3) is 0.524. The first-order valence-corrected chi connectivity index (χ1v) is 19.9. The molecule has 2 aromatic heterocycles. The number of hydrogen-bond donors (Lipinski definition) is 9. The summed E-state index contributed by atoms with van der Waals surface area (Å²) < 4.78 is 67.4. The molecular formula is C42H56F2N8O6. The Bertz CT molecular complexity index is 2350. The van der Waals surface area contributed by atoms with Gasteiger partial charge in [0.2, 0.25) is 17.7 Å². The van der Waals surface area contributed by atoms with Gasteiger partial charge in [-0.2, -0.15) is 0 Å². The number of hydrogen-bond acceptors (Lipinski definition) is 9.